The maximum absolute atomic E-state index is 13.0. The van der Waals surface area contributed by atoms with Crippen LogP contribution in [0.4, 0.5) is 22.0 Å². The van der Waals surface area contributed by atoms with E-state index in [2.05, 4.69) is 14.8 Å². The molecule has 0 aliphatic rings. The van der Waals surface area contributed by atoms with Gasteiger partial charge in [-0.05, 0) is 0 Å². The lowest BCUT2D eigenvalue weighted by molar-refractivity contribution is -0.154. The number of halogens is 5. The SMILES string of the molecule is Cn1nc(C(F)F)c(C[S+]([O-])c2ncco2)c1OCC(F)(F)F. The third-order valence-electron chi connectivity index (χ3n) is 2.58. The van der Waals surface area contributed by atoms with Crippen molar-refractivity contribution >= 4 is 11.2 Å². The van der Waals surface area contributed by atoms with Crippen LogP contribution in [0.2, 0.25) is 0 Å². The Bertz CT molecular complexity index is 644. The summed E-state index contributed by atoms with van der Waals surface area (Å²) >= 11 is -1.98. The Labute approximate surface area is 129 Å². The summed E-state index contributed by atoms with van der Waals surface area (Å²) in [6.07, 6.45) is -5.40. The number of aromatic nitrogens is 3. The van der Waals surface area contributed by atoms with Crippen molar-refractivity contribution in [3.05, 3.63) is 23.7 Å². The maximum atomic E-state index is 13.0. The summed E-state index contributed by atoms with van der Waals surface area (Å²) in [5, 5.41) is 3.19. The van der Waals surface area contributed by atoms with Gasteiger partial charge in [0.05, 0.1) is 22.9 Å². The quantitative estimate of drug-likeness (QED) is 0.585. The van der Waals surface area contributed by atoms with E-state index in [1.54, 1.807) is 0 Å². The Morgan fingerprint density at radius 3 is 2.65 bits per heavy atom. The van der Waals surface area contributed by atoms with E-state index in [0.717, 1.165) is 18.0 Å². The molecule has 2 rings (SSSR count). The zero-order chi connectivity index (χ0) is 17.2. The van der Waals surface area contributed by atoms with Gasteiger partial charge in [0.25, 0.3) is 6.43 Å². The Hall–Kier alpha value is -1.82. The van der Waals surface area contributed by atoms with Crippen LogP contribution in [0.5, 0.6) is 5.88 Å². The van der Waals surface area contributed by atoms with Crippen LogP contribution in [0, 0.1) is 0 Å². The number of rotatable bonds is 6. The predicted octanol–water partition coefficient (Wildman–Crippen LogP) is 2.59. The topological polar surface area (TPSA) is 76.1 Å². The Morgan fingerprint density at radius 2 is 2.13 bits per heavy atom. The van der Waals surface area contributed by atoms with Crippen LogP contribution in [0.3, 0.4) is 0 Å². The van der Waals surface area contributed by atoms with Gasteiger partial charge >= 0.3 is 11.4 Å². The fourth-order valence-electron chi connectivity index (χ4n) is 1.73. The maximum Gasteiger partial charge on any atom is 0.422 e. The molecule has 2 aromatic rings. The van der Waals surface area contributed by atoms with Crippen LogP contribution >= 0.6 is 0 Å². The Balaban J connectivity index is 2.30. The second kappa shape index (κ2) is 6.74. The summed E-state index contributed by atoms with van der Waals surface area (Å²) < 4.78 is 84.9. The fraction of sp³-hybridized carbons (Fsp3) is 0.455. The first-order chi connectivity index (χ1) is 10.7. The van der Waals surface area contributed by atoms with E-state index < -0.39 is 47.7 Å². The molecule has 0 radical (unpaired) electrons. The summed E-state index contributed by atoms with van der Waals surface area (Å²) in [5.41, 5.74) is -1.19. The minimum absolute atomic E-state index is 0.240. The molecule has 6 nitrogen and oxygen atoms in total. The van der Waals surface area contributed by atoms with Gasteiger partial charge in [-0.1, -0.05) is 0 Å². The molecule has 0 amide bonds. The lowest BCUT2D eigenvalue weighted by Gasteiger charge is -2.12. The van der Waals surface area contributed by atoms with Crippen LogP contribution in [0.1, 0.15) is 17.7 Å². The molecular weight excluding hydrogens is 349 g/mol. The molecule has 0 fully saturated rings. The number of hydrogen-bond acceptors (Lipinski definition) is 5. The average molecular weight is 359 g/mol. The first kappa shape index (κ1) is 17.5. The normalized spacial score (nSPS) is 13.6. The first-order valence-corrected chi connectivity index (χ1v) is 7.32. The molecule has 0 saturated heterocycles. The van der Waals surface area contributed by atoms with E-state index in [0.29, 0.717) is 0 Å². The van der Waals surface area contributed by atoms with Crippen molar-refractivity contribution in [3.63, 3.8) is 0 Å². The van der Waals surface area contributed by atoms with Crippen molar-refractivity contribution in [1.82, 2.24) is 14.8 Å². The van der Waals surface area contributed by atoms with Crippen LogP contribution in [-0.2, 0) is 24.0 Å². The summed E-state index contributed by atoms with van der Waals surface area (Å²) in [5.74, 6) is -1.10. The van der Waals surface area contributed by atoms with Crippen molar-refractivity contribution in [2.75, 3.05) is 6.61 Å². The van der Waals surface area contributed by atoms with Crippen molar-refractivity contribution in [1.29, 1.82) is 0 Å². The minimum Gasteiger partial charge on any atom is -0.607 e. The molecule has 0 spiro atoms. The zero-order valence-corrected chi connectivity index (χ0v) is 12.3. The molecule has 2 aromatic heterocycles. The van der Waals surface area contributed by atoms with Gasteiger partial charge in [-0.25, -0.2) is 13.5 Å². The third kappa shape index (κ3) is 4.34. The molecule has 128 valence electrons. The molecule has 12 heteroatoms. The van der Waals surface area contributed by atoms with Gasteiger partial charge in [-0.3, -0.25) is 0 Å². The molecule has 0 aromatic carbocycles. The minimum atomic E-state index is -4.66. The molecule has 1 atom stereocenters. The van der Waals surface area contributed by atoms with Gasteiger partial charge in [0, 0.05) is 7.05 Å². The van der Waals surface area contributed by atoms with Crippen molar-refractivity contribution in [2.45, 2.75) is 23.6 Å². The number of oxazole rings is 1. The van der Waals surface area contributed by atoms with E-state index in [-0.39, 0.29) is 10.8 Å². The van der Waals surface area contributed by atoms with E-state index in [1.807, 2.05) is 0 Å². The molecule has 0 bridgehead atoms. The van der Waals surface area contributed by atoms with E-state index in [4.69, 9.17) is 4.42 Å². The monoisotopic (exact) mass is 359 g/mol. The molecule has 0 N–H and O–H groups in total. The summed E-state index contributed by atoms with van der Waals surface area (Å²) in [4.78, 5) is 3.61. The highest BCUT2D eigenvalue weighted by molar-refractivity contribution is 7.90. The van der Waals surface area contributed by atoms with Gasteiger partial charge in [0.1, 0.15) is 17.7 Å². The number of ether oxygens (including phenoxy) is 1. The molecule has 0 aliphatic carbocycles. The second-order valence-corrected chi connectivity index (χ2v) is 5.61. The standard InChI is InChI=1S/C11H10F5N3O3S/c1-19-9(22-5-11(14,15)16)6(7(18-19)8(12)13)4-23(20)10-17-2-3-21-10/h2-3,8H,4-5H2,1H3. The van der Waals surface area contributed by atoms with E-state index >= 15 is 0 Å². The molecule has 2 heterocycles. The highest BCUT2D eigenvalue weighted by Gasteiger charge is 2.33. The Kier molecular flexibility index (Phi) is 5.14. The molecule has 23 heavy (non-hydrogen) atoms. The summed E-state index contributed by atoms with van der Waals surface area (Å²) in [7, 11) is 1.15. The number of hydrogen-bond donors (Lipinski definition) is 0. The van der Waals surface area contributed by atoms with Crippen molar-refractivity contribution < 1.29 is 35.7 Å². The van der Waals surface area contributed by atoms with Crippen molar-refractivity contribution in [3.8, 4) is 5.88 Å². The molecule has 0 aliphatic heterocycles. The molecular formula is C11H10F5N3O3S. The van der Waals surface area contributed by atoms with Gasteiger partial charge in [0.15, 0.2) is 6.61 Å². The van der Waals surface area contributed by atoms with Crippen LogP contribution in [-0.4, -0.2) is 32.1 Å². The third-order valence-corrected chi connectivity index (χ3v) is 3.72. The molecule has 0 saturated carbocycles. The lowest BCUT2D eigenvalue weighted by Crippen LogP contribution is -2.21. The number of nitrogens with zero attached hydrogens (tertiary/aromatic N) is 3. The van der Waals surface area contributed by atoms with Gasteiger partial charge in [-0.2, -0.15) is 23.3 Å². The van der Waals surface area contributed by atoms with Crippen LogP contribution in [0.15, 0.2) is 22.1 Å². The highest BCUT2D eigenvalue weighted by Crippen LogP contribution is 2.33. The first-order valence-electron chi connectivity index (χ1n) is 6.00. The summed E-state index contributed by atoms with van der Waals surface area (Å²) in [6.45, 7) is -1.69. The Morgan fingerprint density at radius 1 is 1.43 bits per heavy atom. The second-order valence-electron chi connectivity index (χ2n) is 4.28. The van der Waals surface area contributed by atoms with Gasteiger partial charge < -0.3 is 13.7 Å². The van der Waals surface area contributed by atoms with Gasteiger partial charge in [-0.15, -0.1) is 0 Å². The van der Waals surface area contributed by atoms with Crippen LogP contribution < -0.4 is 4.74 Å². The summed E-state index contributed by atoms with van der Waals surface area (Å²) in [6, 6.07) is 0. The number of aryl methyl sites for hydroxylation is 1. The largest absolute Gasteiger partial charge is 0.607 e. The number of alkyl halides is 5. The van der Waals surface area contributed by atoms with E-state index in [9.17, 15) is 26.5 Å². The molecule has 1 unspecified atom stereocenters. The fourth-order valence-corrected chi connectivity index (χ4v) is 2.73. The average Bonchev–Trinajstić information content (AvgIpc) is 3.04. The lowest BCUT2D eigenvalue weighted by atomic mass is 10.3. The predicted molar refractivity (Wildman–Crippen MR) is 66.3 cm³/mol. The highest BCUT2D eigenvalue weighted by atomic mass is 32.2. The zero-order valence-electron chi connectivity index (χ0n) is 11.5. The van der Waals surface area contributed by atoms with Crippen LogP contribution in [0.25, 0.3) is 0 Å². The van der Waals surface area contributed by atoms with Crippen molar-refractivity contribution in [2.24, 2.45) is 7.05 Å². The van der Waals surface area contributed by atoms with Gasteiger partial charge in [0.2, 0.25) is 5.88 Å². The smallest absolute Gasteiger partial charge is 0.422 e. The van der Waals surface area contributed by atoms with E-state index in [1.165, 1.54) is 6.20 Å².